The molecular formula is C14H19N5. The van der Waals surface area contributed by atoms with Crippen molar-refractivity contribution >= 4 is 0 Å². The van der Waals surface area contributed by atoms with Crippen molar-refractivity contribution < 1.29 is 0 Å². The number of rotatable bonds is 3. The molecule has 2 heterocycles. The first-order valence-electron chi connectivity index (χ1n) is 6.86. The van der Waals surface area contributed by atoms with Gasteiger partial charge >= 0.3 is 0 Å². The summed E-state index contributed by atoms with van der Waals surface area (Å²) in [6.07, 6.45) is 6.83. The van der Waals surface area contributed by atoms with Gasteiger partial charge in [-0.25, -0.2) is 0 Å². The molecule has 1 fully saturated rings. The van der Waals surface area contributed by atoms with Gasteiger partial charge in [-0.2, -0.15) is 0 Å². The monoisotopic (exact) mass is 257 g/mol. The Morgan fingerprint density at radius 2 is 2.05 bits per heavy atom. The van der Waals surface area contributed by atoms with Gasteiger partial charge in [-0.3, -0.25) is 4.98 Å². The lowest BCUT2D eigenvalue weighted by molar-refractivity contribution is 0.510. The minimum absolute atomic E-state index is 0.515. The lowest BCUT2D eigenvalue weighted by atomic mass is 10.2. The Hall–Kier alpha value is -1.75. The molecule has 0 bridgehead atoms. The number of nitrogens with two attached hydrogens (primary N) is 1. The molecule has 2 aromatic heterocycles. The van der Waals surface area contributed by atoms with Gasteiger partial charge in [0.05, 0.1) is 0 Å². The van der Waals surface area contributed by atoms with E-state index < -0.39 is 0 Å². The van der Waals surface area contributed by atoms with Gasteiger partial charge in [-0.1, -0.05) is 18.9 Å². The normalized spacial score (nSPS) is 16.1. The minimum Gasteiger partial charge on any atom is -0.326 e. The van der Waals surface area contributed by atoms with Gasteiger partial charge < -0.3 is 10.3 Å². The summed E-state index contributed by atoms with van der Waals surface area (Å²) in [5, 5.41) is 8.53. The number of nitrogens with zero attached hydrogens (tertiary/aromatic N) is 4. The van der Waals surface area contributed by atoms with E-state index in [0.717, 1.165) is 22.9 Å². The Morgan fingerprint density at radius 1 is 1.26 bits per heavy atom. The van der Waals surface area contributed by atoms with E-state index in [1.165, 1.54) is 25.7 Å². The molecule has 1 aliphatic carbocycles. The van der Waals surface area contributed by atoms with Crippen LogP contribution in [0.15, 0.2) is 18.3 Å². The molecule has 19 heavy (non-hydrogen) atoms. The summed E-state index contributed by atoms with van der Waals surface area (Å²) in [5.74, 6) is 1.86. The largest absolute Gasteiger partial charge is 0.326 e. The minimum atomic E-state index is 0.515. The van der Waals surface area contributed by atoms with Crippen LogP contribution in [0.2, 0.25) is 0 Å². The third-order valence-electron chi connectivity index (χ3n) is 3.85. The van der Waals surface area contributed by atoms with E-state index in [4.69, 9.17) is 5.73 Å². The molecule has 0 saturated heterocycles. The van der Waals surface area contributed by atoms with Gasteiger partial charge in [-0.05, 0) is 31.4 Å². The molecule has 2 N–H and O–H groups in total. The van der Waals surface area contributed by atoms with Gasteiger partial charge in [0.1, 0.15) is 11.5 Å². The Bertz CT molecular complexity index is 552. The van der Waals surface area contributed by atoms with Crippen LogP contribution in [0.5, 0.6) is 0 Å². The predicted molar refractivity (Wildman–Crippen MR) is 73.4 cm³/mol. The van der Waals surface area contributed by atoms with Crippen molar-refractivity contribution in [1.82, 2.24) is 19.7 Å². The Balaban J connectivity index is 1.99. The molecular weight excluding hydrogens is 238 g/mol. The first kappa shape index (κ1) is 12.3. The first-order valence-corrected chi connectivity index (χ1v) is 6.86. The SMILES string of the molecule is Cc1nnc(-c2ccc(CN)cn2)n1C1CCCC1. The molecule has 0 aliphatic heterocycles. The summed E-state index contributed by atoms with van der Waals surface area (Å²) >= 11 is 0. The molecule has 100 valence electrons. The second-order valence-electron chi connectivity index (χ2n) is 5.13. The summed E-state index contributed by atoms with van der Waals surface area (Å²) in [6, 6.07) is 4.52. The lowest BCUT2D eigenvalue weighted by Gasteiger charge is -2.15. The molecule has 5 heteroatoms. The predicted octanol–water partition coefficient (Wildman–Crippen LogP) is 2.22. The van der Waals surface area contributed by atoms with E-state index in [1.807, 2.05) is 25.3 Å². The van der Waals surface area contributed by atoms with Crippen LogP contribution in [0.1, 0.15) is 43.1 Å². The Morgan fingerprint density at radius 3 is 2.68 bits per heavy atom. The second-order valence-corrected chi connectivity index (χ2v) is 5.13. The van der Waals surface area contributed by atoms with Gasteiger partial charge in [0.2, 0.25) is 0 Å². The summed E-state index contributed by atoms with van der Waals surface area (Å²) in [4.78, 5) is 4.46. The van der Waals surface area contributed by atoms with E-state index in [1.54, 1.807) is 0 Å². The van der Waals surface area contributed by atoms with E-state index >= 15 is 0 Å². The molecule has 3 rings (SSSR count). The van der Waals surface area contributed by atoms with Crippen LogP contribution in [0, 0.1) is 6.92 Å². The molecule has 0 aromatic carbocycles. The van der Waals surface area contributed by atoms with Crippen LogP contribution in [-0.2, 0) is 6.54 Å². The first-order chi connectivity index (χ1) is 9.29. The molecule has 1 aliphatic rings. The van der Waals surface area contributed by atoms with E-state index in [0.29, 0.717) is 12.6 Å². The number of hydrogen-bond donors (Lipinski definition) is 1. The molecule has 5 nitrogen and oxygen atoms in total. The molecule has 1 saturated carbocycles. The number of aryl methyl sites for hydroxylation is 1. The van der Waals surface area contributed by atoms with Crippen molar-refractivity contribution in [2.75, 3.05) is 0 Å². The number of aromatic nitrogens is 4. The van der Waals surface area contributed by atoms with Crippen LogP contribution >= 0.6 is 0 Å². The number of pyridine rings is 1. The Kier molecular flexibility index (Phi) is 3.29. The lowest BCUT2D eigenvalue weighted by Crippen LogP contribution is -2.09. The fourth-order valence-electron chi connectivity index (χ4n) is 2.82. The zero-order valence-electron chi connectivity index (χ0n) is 11.2. The van der Waals surface area contributed by atoms with E-state index in [-0.39, 0.29) is 0 Å². The second kappa shape index (κ2) is 5.09. The fourth-order valence-corrected chi connectivity index (χ4v) is 2.82. The zero-order chi connectivity index (χ0) is 13.2. The van der Waals surface area contributed by atoms with Crippen LogP contribution in [0.3, 0.4) is 0 Å². The van der Waals surface area contributed by atoms with E-state index in [9.17, 15) is 0 Å². The van der Waals surface area contributed by atoms with Crippen molar-refractivity contribution in [2.45, 2.75) is 45.2 Å². The fraction of sp³-hybridized carbons (Fsp3) is 0.500. The molecule has 0 unspecified atom stereocenters. The summed E-state index contributed by atoms with van der Waals surface area (Å²) < 4.78 is 2.25. The molecule has 0 spiro atoms. The van der Waals surface area contributed by atoms with Gasteiger partial charge in [0.25, 0.3) is 0 Å². The molecule has 2 aromatic rings. The standard InChI is InChI=1S/C14H19N5/c1-10-17-18-14(19(10)12-4-2-3-5-12)13-7-6-11(8-15)9-16-13/h6-7,9,12H,2-5,8,15H2,1H3. The van der Waals surface area contributed by atoms with Crippen molar-refractivity contribution in [1.29, 1.82) is 0 Å². The zero-order valence-corrected chi connectivity index (χ0v) is 11.2. The third kappa shape index (κ3) is 2.26. The quantitative estimate of drug-likeness (QED) is 0.915. The van der Waals surface area contributed by atoms with Crippen LogP contribution in [-0.4, -0.2) is 19.7 Å². The summed E-state index contributed by atoms with van der Waals surface area (Å²) in [7, 11) is 0. The maximum Gasteiger partial charge on any atom is 0.182 e. The highest BCUT2D eigenvalue weighted by molar-refractivity contribution is 5.50. The molecule has 0 atom stereocenters. The highest BCUT2D eigenvalue weighted by atomic mass is 15.3. The smallest absolute Gasteiger partial charge is 0.182 e. The average molecular weight is 257 g/mol. The molecule has 0 amide bonds. The van der Waals surface area contributed by atoms with Gasteiger partial charge in [-0.15, -0.1) is 10.2 Å². The van der Waals surface area contributed by atoms with Gasteiger partial charge in [0, 0.05) is 18.8 Å². The van der Waals surface area contributed by atoms with Crippen LogP contribution in [0.25, 0.3) is 11.5 Å². The van der Waals surface area contributed by atoms with Gasteiger partial charge in [0.15, 0.2) is 5.82 Å². The summed E-state index contributed by atoms with van der Waals surface area (Å²) in [6.45, 7) is 2.53. The highest BCUT2D eigenvalue weighted by Crippen LogP contribution is 2.33. The third-order valence-corrected chi connectivity index (χ3v) is 3.85. The van der Waals surface area contributed by atoms with Crippen molar-refractivity contribution in [3.63, 3.8) is 0 Å². The Labute approximate surface area is 112 Å². The highest BCUT2D eigenvalue weighted by Gasteiger charge is 2.23. The summed E-state index contributed by atoms with van der Waals surface area (Å²) in [5.41, 5.74) is 7.51. The van der Waals surface area contributed by atoms with Crippen LogP contribution in [0.4, 0.5) is 0 Å². The van der Waals surface area contributed by atoms with E-state index in [2.05, 4.69) is 19.7 Å². The van der Waals surface area contributed by atoms with Crippen molar-refractivity contribution in [3.05, 3.63) is 29.7 Å². The maximum absolute atomic E-state index is 5.60. The van der Waals surface area contributed by atoms with Crippen molar-refractivity contribution in [3.8, 4) is 11.5 Å². The van der Waals surface area contributed by atoms with Crippen LogP contribution < -0.4 is 5.73 Å². The number of hydrogen-bond acceptors (Lipinski definition) is 4. The average Bonchev–Trinajstić information content (AvgIpc) is 3.08. The molecule has 0 radical (unpaired) electrons. The van der Waals surface area contributed by atoms with Crippen molar-refractivity contribution in [2.24, 2.45) is 5.73 Å². The maximum atomic E-state index is 5.60. The topological polar surface area (TPSA) is 69.6 Å².